The normalized spacial score (nSPS) is 15.1. The topological polar surface area (TPSA) is 64.9 Å². The van der Waals surface area contributed by atoms with Crippen LogP contribution in [0.5, 0.6) is 0 Å². The summed E-state index contributed by atoms with van der Waals surface area (Å²) in [6.45, 7) is 1.41. The van der Waals surface area contributed by atoms with Crippen LogP contribution >= 0.6 is 0 Å². The van der Waals surface area contributed by atoms with E-state index >= 15 is 0 Å². The third-order valence-electron chi connectivity index (χ3n) is 2.69. The van der Waals surface area contributed by atoms with E-state index in [2.05, 4.69) is 14.7 Å². The fourth-order valence-electron chi connectivity index (χ4n) is 1.69. The first-order valence-corrected chi connectivity index (χ1v) is 5.64. The van der Waals surface area contributed by atoms with Crippen molar-refractivity contribution in [2.75, 3.05) is 0 Å². The van der Waals surface area contributed by atoms with Gasteiger partial charge in [0.1, 0.15) is 5.82 Å². The van der Waals surface area contributed by atoms with Crippen LogP contribution in [0, 0.1) is 5.82 Å². The van der Waals surface area contributed by atoms with Gasteiger partial charge in [0, 0.05) is 6.42 Å². The van der Waals surface area contributed by atoms with Gasteiger partial charge in [0.2, 0.25) is 0 Å². The molecule has 1 atom stereocenters. The van der Waals surface area contributed by atoms with Gasteiger partial charge in [-0.15, -0.1) is 0 Å². The van der Waals surface area contributed by atoms with E-state index in [0.29, 0.717) is 0 Å². The average molecular weight is 289 g/mol. The second kappa shape index (κ2) is 4.86. The second-order valence-corrected chi connectivity index (χ2v) is 4.61. The molecular weight excluding hydrogens is 278 g/mol. The Balaban J connectivity index is 2.27. The highest BCUT2D eigenvalue weighted by Crippen LogP contribution is 2.30. The number of hydrogen-bond acceptors (Lipinski definition) is 4. The monoisotopic (exact) mass is 289 g/mol. The minimum Gasteiger partial charge on any atom is -0.329 e. The molecule has 0 bridgehead atoms. The van der Waals surface area contributed by atoms with Crippen molar-refractivity contribution in [3.63, 3.8) is 0 Å². The van der Waals surface area contributed by atoms with E-state index < -0.39 is 23.4 Å². The summed E-state index contributed by atoms with van der Waals surface area (Å²) in [7, 11) is 0. The molecule has 0 spiro atoms. The van der Waals surface area contributed by atoms with Gasteiger partial charge in [0.05, 0.1) is 5.54 Å². The Hall–Kier alpha value is -1.96. The van der Waals surface area contributed by atoms with Crippen molar-refractivity contribution in [2.24, 2.45) is 5.73 Å². The molecule has 2 rings (SSSR count). The molecule has 1 aromatic heterocycles. The highest BCUT2D eigenvalue weighted by molar-refractivity contribution is 5.21. The number of halogens is 4. The van der Waals surface area contributed by atoms with Crippen LogP contribution in [0.25, 0.3) is 0 Å². The van der Waals surface area contributed by atoms with Crippen LogP contribution in [0.4, 0.5) is 17.6 Å². The van der Waals surface area contributed by atoms with Crippen LogP contribution in [-0.4, -0.2) is 10.1 Å². The first kappa shape index (κ1) is 14.4. The fourth-order valence-corrected chi connectivity index (χ4v) is 1.69. The van der Waals surface area contributed by atoms with Crippen molar-refractivity contribution in [1.29, 1.82) is 0 Å². The van der Waals surface area contributed by atoms with Crippen molar-refractivity contribution in [1.82, 2.24) is 10.1 Å². The number of benzene rings is 1. The van der Waals surface area contributed by atoms with Crippen molar-refractivity contribution < 1.29 is 22.1 Å². The smallest absolute Gasteiger partial charge is 0.329 e. The summed E-state index contributed by atoms with van der Waals surface area (Å²) >= 11 is 0. The largest absolute Gasteiger partial charge is 0.471 e. The lowest BCUT2D eigenvalue weighted by molar-refractivity contribution is -0.159. The zero-order valence-corrected chi connectivity index (χ0v) is 10.4. The Bertz CT molecular complexity index is 607. The lowest BCUT2D eigenvalue weighted by Gasteiger charge is -2.20. The SMILES string of the molecule is CC(N)(Cc1ccccc1F)c1noc(C(F)(F)F)n1. The van der Waals surface area contributed by atoms with Crippen molar-refractivity contribution in [3.8, 4) is 0 Å². The number of rotatable bonds is 3. The van der Waals surface area contributed by atoms with Gasteiger partial charge >= 0.3 is 12.1 Å². The Morgan fingerprint density at radius 2 is 1.90 bits per heavy atom. The Labute approximate surface area is 111 Å². The summed E-state index contributed by atoms with van der Waals surface area (Å²) in [5.74, 6) is -2.30. The number of alkyl halides is 3. The molecule has 1 unspecified atom stereocenters. The van der Waals surface area contributed by atoms with Crippen LogP contribution < -0.4 is 5.73 Å². The molecule has 108 valence electrons. The third-order valence-corrected chi connectivity index (χ3v) is 2.69. The van der Waals surface area contributed by atoms with E-state index in [-0.39, 0.29) is 17.8 Å². The maximum Gasteiger partial charge on any atom is 0.471 e. The van der Waals surface area contributed by atoms with Gasteiger partial charge in [-0.05, 0) is 18.6 Å². The molecule has 0 aliphatic rings. The molecule has 1 heterocycles. The molecule has 2 N–H and O–H groups in total. The standard InChI is InChI=1S/C12H11F4N3O/c1-11(17,6-7-4-2-3-5-8(7)13)9-18-10(20-19-9)12(14,15)16/h2-5H,6,17H2,1H3. The van der Waals surface area contributed by atoms with Crippen LogP contribution in [0.3, 0.4) is 0 Å². The second-order valence-electron chi connectivity index (χ2n) is 4.61. The van der Waals surface area contributed by atoms with E-state index in [1.165, 1.54) is 25.1 Å². The van der Waals surface area contributed by atoms with Gasteiger partial charge in [-0.2, -0.15) is 18.2 Å². The Morgan fingerprint density at radius 1 is 1.25 bits per heavy atom. The van der Waals surface area contributed by atoms with E-state index in [4.69, 9.17) is 5.73 Å². The van der Waals surface area contributed by atoms with Crippen LogP contribution in [0.15, 0.2) is 28.8 Å². The highest BCUT2D eigenvalue weighted by Gasteiger charge is 2.40. The lowest BCUT2D eigenvalue weighted by atomic mass is 9.93. The fraction of sp³-hybridized carbons (Fsp3) is 0.333. The Morgan fingerprint density at radius 3 is 2.45 bits per heavy atom. The van der Waals surface area contributed by atoms with Gasteiger partial charge in [0.25, 0.3) is 0 Å². The minimum atomic E-state index is -4.74. The molecule has 0 fully saturated rings. The number of nitrogens with two attached hydrogens (primary N) is 1. The zero-order chi connectivity index (χ0) is 15.0. The predicted octanol–water partition coefficient (Wildman–Crippen LogP) is 2.64. The predicted molar refractivity (Wildman–Crippen MR) is 60.9 cm³/mol. The van der Waals surface area contributed by atoms with E-state index in [0.717, 1.165) is 0 Å². The molecule has 0 saturated carbocycles. The van der Waals surface area contributed by atoms with Crippen molar-refractivity contribution in [3.05, 3.63) is 47.4 Å². The molecule has 0 amide bonds. The summed E-state index contributed by atoms with van der Waals surface area (Å²) in [6, 6.07) is 5.84. The van der Waals surface area contributed by atoms with Crippen LogP contribution in [-0.2, 0) is 18.1 Å². The average Bonchev–Trinajstić information content (AvgIpc) is 2.81. The molecule has 20 heavy (non-hydrogen) atoms. The van der Waals surface area contributed by atoms with E-state index in [1.54, 1.807) is 6.07 Å². The maximum absolute atomic E-state index is 13.5. The van der Waals surface area contributed by atoms with Gasteiger partial charge in [-0.3, -0.25) is 0 Å². The molecule has 0 radical (unpaired) electrons. The summed E-state index contributed by atoms with van der Waals surface area (Å²) in [5, 5.41) is 3.23. The molecule has 2 aromatic rings. The summed E-state index contributed by atoms with van der Waals surface area (Å²) in [5.41, 5.74) is 4.76. The van der Waals surface area contributed by atoms with Gasteiger partial charge < -0.3 is 10.3 Å². The van der Waals surface area contributed by atoms with Crippen molar-refractivity contribution in [2.45, 2.75) is 25.1 Å². The summed E-state index contributed by atoms with van der Waals surface area (Å²) < 4.78 is 54.8. The molecule has 0 saturated heterocycles. The van der Waals surface area contributed by atoms with E-state index in [9.17, 15) is 17.6 Å². The van der Waals surface area contributed by atoms with Crippen molar-refractivity contribution >= 4 is 0 Å². The van der Waals surface area contributed by atoms with Gasteiger partial charge in [-0.25, -0.2) is 4.39 Å². The molecular formula is C12H11F4N3O. The van der Waals surface area contributed by atoms with Crippen LogP contribution in [0.1, 0.15) is 24.2 Å². The number of nitrogens with zero attached hydrogens (tertiary/aromatic N) is 2. The molecule has 0 aliphatic carbocycles. The molecule has 8 heteroatoms. The number of hydrogen-bond donors (Lipinski definition) is 1. The third kappa shape index (κ3) is 2.96. The van der Waals surface area contributed by atoms with Gasteiger partial charge in [0.15, 0.2) is 5.82 Å². The highest BCUT2D eigenvalue weighted by atomic mass is 19.4. The first-order chi connectivity index (χ1) is 9.20. The summed E-state index contributed by atoms with van der Waals surface area (Å²) in [4.78, 5) is 3.23. The molecule has 0 aliphatic heterocycles. The maximum atomic E-state index is 13.5. The quantitative estimate of drug-likeness (QED) is 0.882. The summed E-state index contributed by atoms with van der Waals surface area (Å²) in [6.07, 6.45) is -4.80. The molecule has 1 aromatic carbocycles. The van der Waals surface area contributed by atoms with Gasteiger partial charge in [-0.1, -0.05) is 23.4 Å². The lowest BCUT2D eigenvalue weighted by Crippen LogP contribution is -2.37. The molecule has 4 nitrogen and oxygen atoms in total. The van der Waals surface area contributed by atoms with E-state index in [1.807, 2.05) is 0 Å². The Kier molecular flexibility index (Phi) is 3.51. The minimum absolute atomic E-state index is 0.0590. The number of aromatic nitrogens is 2. The van der Waals surface area contributed by atoms with Crippen LogP contribution in [0.2, 0.25) is 0 Å². The zero-order valence-electron chi connectivity index (χ0n) is 10.4. The first-order valence-electron chi connectivity index (χ1n) is 5.64.